The van der Waals surface area contributed by atoms with Gasteiger partial charge >= 0.3 is 5.69 Å². The molecule has 0 bridgehead atoms. The molecule has 0 radical (unpaired) electrons. The summed E-state index contributed by atoms with van der Waals surface area (Å²) in [5.74, 6) is -0.0162. The van der Waals surface area contributed by atoms with E-state index >= 15 is 0 Å². The zero-order valence-electron chi connectivity index (χ0n) is 15.6. The van der Waals surface area contributed by atoms with Crippen LogP contribution in [0.2, 0.25) is 0 Å². The average Bonchev–Trinajstić information content (AvgIpc) is 2.91. The number of carbonyl (C=O) groups excluding carboxylic acids is 1. The van der Waals surface area contributed by atoms with Crippen molar-refractivity contribution in [3.05, 3.63) is 57.4 Å². The van der Waals surface area contributed by atoms with E-state index in [1.165, 1.54) is 4.68 Å². The standard InChI is InChI=1S/C18H25N5O3.ClH/c1-14-18(23(25)26)15(2)22(20-14)12-9-17(24)21(11-6-10-19)13-16-7-4-3-5-8-16;/h3-5,7-8H,6,9-13,19H2,1-2H3;1H. The van der Waals surface area contributed by atoms with E-state index in [2.05, 4.69) is 5.10 Å². The van der Waals surface area contributed by atoms with Crippen LogP contribution < -0.4 is 5.73 Å². The van der Waals surface area contributed by atoms with Crippen LogP contribution in [0.15, 0.2) is 30.3 Å². The molecule has 1 aromatic carbocycles. The molecule has 0 atom stereocenters. The van der Waals surface area contributed by atoms with E-state index in [-0.39, 0.29) is 30.4 Å². The Balaban J connectivity index is 0.00000364. The smallest absolute Gasteiger partial charge is 0.312 e. The molecule has 0 unspecified atom stereocenters. The van der Waals surface area contributed by atoms with Crippen molar-refractivity contribution < 1.29 is 9.72 Å². The SMILES string of the molecule is Cc1nn(CCC(=O)N(CCCN)Cc2ccccc2)c(C)c1[N+](=O)[O-].Cl. The molecule has 2 aromatic rings. The molecule has 0 aliphatic heterocycles. The molecule has 9 heteroatoms. The highest BCUT2D eigenvalue weighted by Gasteiger charge is 2.22. The third-order valence-corrected chi connectivity index (χ3v) is 4.26. The highest BCUT2D eigenvalue weighted by Crippen LogP contribution is 2.22. The molecule has 0 aliphatic rings. The fourth-order valence-electron chi connectivity index (χ4n) is 2.91. The predicted octanol–water partition coefficient (Wildman–Crippen LogP) is 2.60. The number of aryl methyl sites for hydroxylation is 2. The van der Waals surface area contributed by atoms with E-state index < -0.39 is 4.92 Å². The summed E-state index contributed by atoms with van der Waals surface area (Å²) in [5.41, 5.74) is 7.49. The van der Waals surface area contributed by atoms with Gasteiger partial charge in [-0.25, -0.2) is 0 Å². The summed E-state index contributed by atoms with van der Waals surface area (Å²) in [7, 11) is 0. The second-order valence-corrected chi connectivity index (χ2v) is 6.19. The Morgan fingerprint density at radius 2 is 1.96 bits per heavy atom. The van der Waals surface area contributed by atoms with Gasteiger partial charge in [0.05, 0.1) is 11.5 Å². The van der Waals surface area contributed by atoms with Crippen LogP contribution in [0.25, 0.3) is 0 Å². The second kappa shape index (κ2) is 10.6. The van der Waals surface area contributed by atoms with E-state index in [1.807, 2.05) is 30.3 Å². The van der Waals surface area contributed by atoms with Crippen LogP contribution in [0.5, 0.6) is 0 Å². The van der Waals surface area contributed by atoms with Crippen molar-refractivity contribution in [2.24, 2.45) is 5.73 Å². The predicted molar refractivity (Wildman–Crippen MR) is 106 cm³/mol. The van der Waals surface area contributed by atoms with Crippen LogP contribution >= 0.6 is 12.4 Å². The summed E-state index contributed by atoms with van der Waals surface area (Å²) in [4.78, 5) is 25.1. The second-order valence-electron chi connectivity index (χ2n) is 6.19. The lowest BCUT2D eigenvalue weighted by Crippen LogP contribution is -2.33. The van der Waals surface area contributed by atoms with Gasteiger partial charge in [-0.15, -0.1) is 12.4 Å². The number of hydrogen-bond acceptors (Lipinski definition) is 5. The highest BCUT2D eigenvalue weighted by molar-refractivity contribution is 5.85. The number of halogens is 1. The van der Waals surface area contributed by atoms with Crippen LogP contribution in [0.1, 0.15) is 29.8 Å². The number of benzene rings is 1. The molecule has 1 amide bonds. The maximum absolute atomic E-state index is 12.7. The lowest BCUT2D eigenvalue weighted by molar-refractivity contribution is -0.386. The van der Waals surface area contributed by atoms with Gasteiger partial charge in [0.25, 0.3) is 0 Å². The summed E-state index contributed by atoms with van der Waals surface area (Å²) in [6.45, 7) is 5.19. The van der Waals surface area contributed by atoms with Gasteiger partial charge in [-0.05, 0) is 32.4 Å². The van der Waals surface area contributed by atoms with E-state index in [9.17, 15) is 14.9 Å². The Hall–Kier alpha value is -2.45. The molecule has 1 heterocycles. The van der Waals surface area contributed by atoms with E-state index in [4.69, 9.17) is 5.73 Å². The Morgan fingerprint density at radius 3 is 2.52 bits per heavy atom. The van der Waals surface area contributed by atoms with Crippen LogP contribution in [-0.4, -0.2) is 38.6 Å². The van der Waals surface area contributed by atoms with Crippen molar-refractivity contribution in [3.8, 4) is 0 Å². The minimum atomic E-state index is -0.432. The molecular formula is C18H26ClN5O3. The van der Waals surface area contributed by atoms with Crippen LogP contribution in [0.4, 0.5) is 5.69 Å². The van der Waals surface area contributed by atoms with Crippen LogP contribution in [0.3, 0.4) is 0 Å². The van der Waals surface area contributed by atoms with Gasteiger partial charge in [-0.3, -0.25) is 19.6 Å². The summed E-state index contributed by atoms with van der Waals surface area (Å²) in [6, 6.07) is 9.78. The molecule has 0 saturated carbocycles. The fourth-order valence-corrected chi connectivity index (χ4v) is 2.91. The first-order valence-corrected chi connectivity index (χ1v) is 8.64. The summed E-state index contributed by atoms with van der Waals surface area (Å²) >= 11 is 0. The van der Waals surface area contributed by atoms with Crippen molar-refractivity contribution in [1.29, 1.82) is 0 Å². The molecule has 0 spiro atoms. The lowest BCUT2D eigenvalue weighted by Gasteiger charge is -2.23. The topological polar surface area (TPSA) is 107 Å². The number of rotatable bonds is 9. The van der Waals surface area contributed by atoms with Crippen molar-refractivity contribution in [1.82, 2.24) is 14.7 Å². The van der Waals surface area contributed by atoms with Gasteiger partial charge in [-0.1, -0.05) is 30.3 Å². The summed E-state index contributed by atoms with van der Waals surface area (Å²) < 4.78 is 1.54. The quantitative estimate of drug-likeness (QED) is 0.518. The largest absolute Gasteiger partial charge is 0.338 e. The first-order valence-electron chi connectivity index (χ1n) is 8.64. The zero-order chi connectivity index (χ0) is 19.1. The normalized spacial score (nSPS) is 10.3. The zero-order valence-corrected chi connectivity index (χ0v) is 16.4. The molecular weight excluding hydrogens is 370 g/mol. The van der Waals surface area contributed by atoms with Gasteiger partial charge in [0.2, 0.25) is 5.91 Å². The third kappa shape index (κ3) is 6.04. The number of nitrogens with two attached hydrogens (primary N) is 1. The minimum Gasteiger partial charge on any atom is -0.338 e. The third-order valence-electron chi connectivity index (χ3n) is 4.26. The number of nitrogens with zero attached hydrogens (tertiary/aromatic N) is 4. The number of aromatic nitrogens is 2. The van der Waals surface area contributed by atoms with E-state index in [1.54, 1.807) is 18.7 Å². The van der Waals surface area contributed by atoms with Gasteiger partial charge in [-0.2, -0.15) is 5.10 Å². The minimum absolute atomic E-state index is 0. The van der Waals surface area contributed by atoms with E-state index in [0.717, 1.165) is 12.0 Å². The van der Waals surface area contributed by atoms with Crippen molar-refractivity contribution in [2.75, 3.05) is 13.1 Å². The molecule has 148 valence electrons. The van der Waals surface area contributed by atoms with Gasteiger partial charge < -0.3 is 10.6 Å². The molecule has 2 rings (SSSR count). The highest BCUT2D eigenvalue weighted by atomic mass is 35.5. The fraction of sp³-hybridized carbons (Fsp3) is 0.444. The number of carbonyl (C=O) groups is 1. The molecule has 0 aliphatic carbocycles. The number of nitro groups is 1. The Bertz CT molecular complexity index is 764. The van der Waals surface area contributed by atoms with Crippen molar-refractivity contribution >= 4 is 24.0 Å². The average molecular weight is 396 g/mol. The van der Waals surface area contributed by atoms with Crippen LogP contribution in [0, 0.1) is 24.0 Å². The summed E-state index contributed by atoms with van der Waals surface area (Å²) in [5, 5.41) is 15.3. The van der Waals surface area contributed by atoms with Crippen LogP contribution in [-0.2, 0) is 17.9 Å². The van der Waals surface area contributed by atoms with E-state index in [0.29, 0.717) is 37.6 Å². The van der Waals surface area contributed by atoms with Crippen molar-refractivity contribution in [3.63, 3.8) is 0 Å². The molecule has 1 aromatic heterocycles. The monoisotopic (exact) mass is 395 g/mol. The molecule has 0 saturated heterocycles. The maximum atomic E-state index is 12.7. The first-order chi connectivity index (χ1) is 12.4. The first kappa shape index (κ1) is 22.6. The molecule has 0 fully saturated rings. The number of hydrogen-bond donors (Lipinski definition) is 1. The summed E-state index contributed by atoms with van der Waals surface area (Å²) in [6.07, 6.45) is 0.959. The molecule has 8 nitrogen and oxygen atoms in total. The molecule has 2 N–H and O–H groups in total. The van der Waals surface area contributed by atoms with Gasteiger partial charge in [0, 0.05) is 19.5 Å². The lowest BCUT2D eigenvalue weighted by atomic mass is 10.2. The van der Waals surface area contributed by atoms with Gasteiger partial charge in [0.1, 0.15) is 11.4 Å². The Kier molecular flexibility index (Phi) is 8.90. The Morgan fingerprint density at radius 1 is 1.30 bits per heavy atom. The van der Waals surface area contributed by atoms with Crippen molar-refractivity contribution in [2.45, 2.75) is 39.8 Å². The maximum Gasteiger partial charge on any atom is 0.312 e. The Labute approximate surface area is 164 Å². The number of amides is 1. The van der Waals surface area contributed by atoms with Gasteiger partial charge in [0.15, 0.2) is 0 Å². The molecule has 27 heavy (non-hydrogen) atoms.